The van der Waals surface area contributed by atoms with Crippen LogP contribution >= 0.6 is 0 Å². The van der Waals surface area contributed by atoms with Gasteiger partial charge in [0.2, 0.25) is 5.60 Å². The molecule has 1 saturated carbocycles. The molecule has 0 radical (unpaired) electrons. The van der Waals surface area contributed by atoms with E-state index in [-0.39, 0.29) is 5.69 Å². The zero-order chi connectivity index (χ0) is 20.3. The molecule has 28 heavy (non-hydrogen) atoms. The number of piperidine rings is 1. The molecule has 2 aliphatic rings. The van der Waals surface area contributed by atoms with E-state index in [2.05, 4.69) is 16.8 Å². The third kappa shape index (κ3) is 2.55. The first-order valence-electron chi connectivity index (χ1n) is 8.44. The fraction of sp³-hybridized carbons (Fsp3) is 0.250. The van der Waals surface area contributed by atoms with E-state index >= 15 is 0 Å². The van der Waals surface area contributed by atoms with Crippen molar-refractivity contribution in [3.8, 4) is 23.1 Å². The van der Waals surface area contributed by atoms with Crippen LogP contribution in [0.3, 0.4) is 0 Å². The SMILES string of the molecule is CN1C(=O)C(O)(C#Cc2cccc(-c3cccc(C(N)=O)n3)c2)C2C1C2(F)F. The predicted octanol–water partition coefficient (Wildman–Crippen LogP) is 1.04. The second-order valence-corrected chi connectivity index (χ2v) is 6.88. The summed E-state index contributed by atoms with van der Waals surface area (Å²) in [7, 11) is 1.23. The highest BCUT2D eigenvalue weighted by Crippen LogP contribution is 2.61. The number of alkyl halides is 2. The summed E-state index contributed by atoms with van der Waals surface area (Å²) in [6.07, 6.45) is 0. The van der Waals surface area contributed by atoms with E-state index in [4.69, 9.17) is 5.73 Å². The molecule has 3 unspecified atom stereocenters. The predicted molar refractivity (Wildman–Crippen MR) is 95.0 cm³/mol. The molecule has 3 atom stereocenters. The Hall–Kier alpha value is -3.31. The Kier molecular flexibility index (Phi) is 3.77. The number of aromatic nitrogens is 1. The van der Waals surface area contributed by atoms with Crippen LogP contribution in [0.4, 0.5) is 8.78 Å². The number of fused-ring (bicyclic) bond motifs is 1. The highest BCUT2D eigenvalue weighted by molar-refractivity contribution is 5.94. The first kappa shape index (κ1) is 18.1. The molecular weight excluding hydrogens is 368 g/mol. The quantitative estimate of drug-likeness (QED) is 0.758. The topological polar surface area (TPSA) is 96.5 Å². The number of amides is 2. The number of nitrogens with zero attached hydrogens (tertiary/aromatic N) is 2. The molecular formula is C20H15F2N3O3. The summed E-state index contributed by atoms with van der Waals surface area (Å²) in [5, 5.41) is 10.5. The highest BCUT2D eigenvalue weighted by Gasteiger charge is 2.84. The lowest BCUT2D eigenvalue weighted by Gasteiger charge is -2.21. The second-order valence-electron chi connectivity index (χ2n) is 6.88. The Morgan fingerprint density at radius 3 is 2.68 bits per heavy atom. The van der Waals surface area contributed by atoms with Crippen LogP contribution in [0.2, 0.25) is 0 Å². The molecule has 2 fully saturated rings. The van der Waals surface area contributed by atoms with Gasteiger partial charge in [-0.15, -0.1) is 0 Å². The molecule has 2 heterocycles. The van der Waals surface area contributed by atoms with Crippen molar-refractivity contribution in [1.29, 1.82) is 0 Å². The number of nitrogens with two attached hydrogens (primary N) is 1. The van der Waals surface area contributed by atoms with Crippen LogP contribution in [0, 0.1) is 17.8 Å². The molecule has 0 spiro atoms. The molecule has 6 nitrogen and oxygen atoms in total. The summed E-state index contributed by atoms with van der Waals surface area (Å²) in [5.74, 6) is -1.19. The Bertz CT molecular complexity index is 1080. The normalized spacial score (nSPS) is 27.0. The van der Waals surface area contributed by atoms with Crippen molar-refractivity contribution >= 4 is 11.8 Å². The molecule has 1 aliphatic carbocycles. The van der Waals surface area contributed by atoms with Crippen LogP contribution in [0.25, 0.3) is 11.3 Å². The van der Waals surface area contributed by atoms with Crippen molar-refractivity contribution in [2.24, 2.45) is 11.7 Å². The average molecular weight is 383 g/mol. The Morgan fingerprint density at radius 2 is 2.00 bits per heavy atom. The monoisotopic (exact) mass is 383 g/mol. The fourth-order valence-electron chi connectivity index (χ4n) is 3.62. The number of likely N-dealkylation sites (N-methyl/N-ethyl adjacent to an activating group) is 1. The number of primary amides is 1. The van der Waals surface area contributed by atoms with E-state index in [0.29, 0.717) is 16.8 Å². The van der Waals surface area contributed by atoms with Crippen LogP contribution in [0.15, 0.2) is 42.5 Å². The van der Waals surface area contributed by atoms with Gasteiger partial charge < -0.3 is 15.7 Å². The molecule has 8 heteroatoms. The lowest BCUT2D eigenvalue weighted by molar-refractivity contribution is -0.146. The number of carbonyl (C=O) groups excluding carboxylic acids is 2. The lowest BCUT2D eigenvalue weighted by atomic mass is 9.98. The first-order valence-corrected chi connectivity index (χ1v) is 8.44. The number of likely N-dealkylation sites (tertiary alicyclic amines) is 1. The smallest absolute Gasteiger partial charge is 0.277 e. The van der Waals surface area contributed by atoms with E-state index in [0.717, 1.165) is 4.90 Å². The molecule has 1 aromatic heterocycles. The van der Waals surface area contributed by atoms with Crippen molar-refractivity contribution < 1.29 is 23.5 Å². The van der Waals surface area contributed by atoms with E-state index in [1.165, 1.54) is 13.1 Å². The molecule has 142 valence electrons. The summed E-state index contributed by atoms with van der Waals surface area (Å²) >= 11 is 0. The van der Waals surface area contributed by atoms with Gasteiger partial charge in [0.15, 0.2) is 0 Å². The first-order chi connectivity index (χ1) is 13.2. The van der Waals surface area contributed by atoms with Crippen LogP contribution in [0.5, 0.6) is 0 Å². The minimum absolute atomic E-state index is 0.102. The standard InChI is InChI=1S/C20H15F2N3O3/c1-25-16-15(20(16,21)22)19(28,18(25)27)9-8-11-4-2-5-12(10-11)13-6-3-7-14(24-13)17(23)26/h2-7,10,15-16,28H,1H3,(H2,23,26). The van der Waals surface area contributed by atoms with Crippen molar-refractivity contribution in [2.45, 2.75) is 17.6 Å². The number of benzene rings is 1. The van der Waals surface area contributed by atoms with Gasteiger partial charge in [-0.2, -0.15) is 0 Å². The Morgan fingerprint density at radius 1 is 1.29 bits per heavy atom. The number of hydrogen-bond acceptors (Lipinski definition) is 4. The summed E-state index contributed by atoms with van der Waals surface area (Å²) in [6, 6.07) is 10.1. The van der Waals surface area contributed by atoms with Crippen molar-refractivity contribution in [2.75, 3.05) is 7.05 Å². The van der Waals surface area contributed by atoms with Crippen molar-refractivity contribution in [3.63, 3.8) is 0 Å². The average Bonchev–Trinajstić information content (AvgIpc) is 3.20. The molecule has 3 N–H and O–H groups in total. The molecule has 0 bridgehead atoms. The van der Waals surface area contributed by atoms with Gasteiger partial charge in [-0.1, -0.05) is 30.0 Å². The van der Waals surface area contributed by atoms with Gasteiger partial charge in [0.1, 0.15) is 17.7 Å². The maximum atomic E-state index is 13.8. The van der Waals surface area contributed by atoms with Crippen molar-refractivity contribution in [3.05, 3.63) is 53.7 Å². The highest BCUT2D eigenvalue weighted by atomic mass is 19.3. The Labute approximate surface area is 159 Å². The third-order valence-electron chi connectivity index (χ3n) is 5.09. The summed E-state index contributed by atoms with van der Waals surface area (Å²) in [4.78, 5) is 28.5. The number of rotatable bonds is 2. The van der Waals surface area contributed by atoms with E-state index < -0.39 is 35.3 Å². The van der Waals surface area contributed by atoms with Gasteiger partial charge in [0.25, 0.3) is 17.7 Å². The van der Waals surface area contributed by atoms with Gasteiger partial charge >= 0.3 is 0 Å². The molecule has 2 amide bonds. The van der Waals surface area contributed by atoms with Gasteiger partial charge in [0, 0.05) is 18.2 Å². The summed E-state index contributed by atoms with van der Waals surface area (Å²) in [6.45, 7) is 0. The lowest BCUT2D eigenvalue weighted by Crippen LogP contribution is -2.46. The largest absolute Gasteiger partial charge is 0.369 e. The van der Waals surface area contributed by atoms with Gasteiger partial charge in [-0.05, 0) is 24.3 Å². The number of aliphatic hydroxyl groups is 1. The number of hydrogen-bond donors (Lipinski definition) is 2. The number of carbonyl (C=O) groups is 2. The maximum absolute atomic E-state index is 13.8. The minimum atomic E-state index is -3.15. The van der Waals surface area contributed by atoms with Gasteiger partial charge in [-0.25, -0.2) is 13.8 Å². The van der Waals surface area contributed by atoms with E-state index in [1.54, 1.807) is 36.4 Å². The molecule has 4 rings (SSSR count). The maximum Gasteiger partial charge on any atom is 0.277 e. The second kappa shape index (κ2) is 5.84. The van der Waals surface area contributed by atoms with Crippen molar-refractivity contribution in [1.82, 2.24) is 9.88 Å². The zero-order valence-electron chi connectivity index (χ0n) is 14.7. The van der Waals surface area contributed by atoms with Crippen LogP contribution < -0.4 is 5.73 Å². The summed E-state index contributed by atoms with van der Waals surface area (Å²) < 4.78 is 27.6. The van der Waals surface area contributed by atoms with Crippen LogP contribution in [-0.2, 0) is 4.79 Å². The molecule has 2 aromatic rings. The molecule has 1 aromatic carbocycles. The number of halogens is 2. The van der Waals surface area contributed by atoms with Crippen LogP contribution in [0.1, 0.15) is 16.1 Å². The number of pyridine rings is 1. The van der Waals surface area contributed by atoms with E-state index in [9.17, 15) is 23.5 Å². The minimum Gasteiger partial charge on any atom is -0.369 e. The van der Waals surface area contributed by atoms with Gasteiger partial charge in [-0.3, -0.25) is 9.59 Å². The van der Waals surface area contributed by atoms with Gasteiger partial charge in [0.05, 0.1) is 5.69 Å². The third-order valence-corrected chi connectivity index (χ3v) is 5.09. The molecule has 1 saturated heterocycles. The van der Waals surface area contributed by atoms with E-state index in [1.807, 2.05) is 0 Å². The Balaban J connectivity index is 1.67. The summed E-state index contributed by atoms with van der Waals surface area (Å²) in [5.41, 5.74) is 4.42. The zero-order valence-corrected chi connectivity index (χ0v) is 14.7. The molecule has 1 aliphatic heterocycles. The fourth-order valence-corrected chi connectivity index (χ4v) is 3.62. The van der Waals surface area contributed by atoms with Crippen LogP contribution in [-0.4, -0.2) is 51.4 Å².